The van der Waals surface area contributed by atoms with Crippen molar-refractivity contribution < 1.29 is 27.5 Å². The summed E-state index contributed by atoms with van der Waals surface area (Å²) in [4.78, 5) is 22.8. The van der Waals surface area contributed by atoms with E-state index in [1.54, 1.807) is 0 Å². The molecule has 0 spiro atoms. The summed E-state index contributed by atoms with van der Waals surface area (Å²) in [5, 5.41) is 0. The quantitative estimate of drug-likeness (QED) is 0.634. The molecule has 1 aliphatic carbocycles. The summed E-state index contributed by atoms with van der Waals surface area (Å²) in [6.07, 6.45) is -0.964. The van der Waals surface area contributed by atoms with Gasteiger partial charge in [0, 0.05) is 12.5 Å². The Labute approximate surface area is 119 Å². The van der Waals surface area contributed by atoms with E-state index in [1.165, 1.54) is 18.2 Å². The number of esters is 1. The second kappa shape index (κ2) is 6.11. The molecule has 0 N–H and O–H groups in total. The Hall–Kier alpha value is -2.11. The molecule has 0 radical (unpaired) electrons. The van der Waals surface area contributed by atoms with Crippen LogP contribution in [0.4, 0.5) is 13.2 Å². The summed E-state index contributed by atoms with van der Waals surface area (Å²) in [5.74, 6) is -0.763. The SMILES string of the molecule is O=C(/C=C/c1ccc(C(F)(F)F)cc1)OC1CCCC1=O. The lowest BCUT2D eigenvalue weighted by atomic mass is 10.1. The van der Waals surface area contributed by atoms with Gasteiger partial charge in [0.2, 0.25) is 0 Å². The predicted molar refractivity (Wildman–Crippen MR) is 69.2 cm³/mol. The van der Waals surface area contributed by atoms with Gasteiger partial charge in [-0.25, -0.2) is 4.79 Å². The Balaban J connectivity index is 1.94. The first kappa shape index (κ1) is 15.3. The number of ether oxygens (including phenoxy) is 1. The number of alkyl halides is 3. The zero-order valence-corrected chi connectivity index (χ0v) is 11.0. The summed E-state index contributed by atoms with van der Waals surface area (Å²) in [6, 6.07) is 4.39. The van der Waals surface area contributed by atoms with E-state index in [-0.39, 0.29) is 5.78 Å². The van der Waals surface area contributed by atoms with E-state index in [1.807, 2.05) is 0 Å². The lowest BCUT2D eigenvalue weighted by Gasteiger charge is -2.07. The Kier molecular flexibility index (Phi) is 4.45. The largest absolute Gasteiger partial charge is 0.451 e. The molecular formula is C15H13F3O3. The molecular weight excluding hydrogens is 285 g/mol. The highest BCUT2D eigenvalue weighted by molar-refractivity contribution is 5.91. The van der Waals surface area contributed by atoms with Gasteiger partial charge in [-0.2, -0.15) is 13.2 Å². The number of hydrogen-bond donors (Lipinski definition) is 0. The van der Waals surface area contributed by atoms with E-state index in [0.717, 1.165) is 18.2 Å². The molecule has 1 saturated carbocycles. The maximum atomic E-state index is 12.4. The third kappa shape index (κ3) is 4.18. The molecule has 0 aromatic heterocycles. The van der Waals surface area contributed by atoms with Gasteiger partial charge >= 0.3 is 12.1 Å². The molecule has 21 heavy (non-hydrogen) atoms. The molecule has 1 fully saturated rings. The van der Waals surface area contributed by atoms with Gasteiger partial charge in [0.25, 0.3) is 0 Å². The van der Waals surface area contributed by atoms with Crippen LogP contribution in [0, 0.1) is 0 Å². The number of hydrogen-bond acceptors (Lipinski definition) is 3. The second-order valence-electron chi connectivity index (χ2n) is 4.74. The van der Waals surface area contributed by atoms with E-state index < -0.39 is 23.8 Å². The summed E-state index contributed by atoms with van der Waals surface area (Å²) in [5.41, 5.74) is -0.309. The fourth-order valence-corrected chi connectivity index (χ4v) is 2.04. The summed E-state index contributed by atoms with van der Waals surface area (Å²) < 4.78 is 42.1. The second-order valence-corrected chi connectivity index (χ2v) is 4.74. The maximum Gasteiger partial charge on any atom is 0.416 e. The molecule has 0 amide bonds. The summed E-state index contributed by atoms with van der Waals surface area (Å²) in [6.45, 7) is 0. The minimum atomic E-state index is -4.38. The lowest BCUT2D eigenvalue weighted by Crippen LogP contribution is -2.20. The zero-order valence-electron chi connectivity index (χ0n) is 11.0. The van der Waals surface area contributed by atoms with Crippen molar-refractivity contribution in [3.05, 3.63) is 41.5 Å². The summed E-state index contributed by atoms with van der Waals surface area (Å²) in [7, 11) is 0. The Morgan fingerprint density at radius 1 is 1.24 bits per heavy atom. The van der Waals surface area contributed by atoms with E-state index in [2.05, 4.69) is 0 Å². The number of carbonyl (C=O) groups is 2. The van der Waals surface area contributed by atoms with Crippen molar-refractivity contribution in [1.29, 1.82) is 0 Å². The van der Waals surface area contributed by atoms with Crippen LogP contribution in [0.25, 0.3) is 6.08 Å². The molecule has 6 heteroatoms. The number of Topliss-reactive ketones (excluding diaryl/α,β-unsaturated/α-hetero) is 1. The van der Waals surface area contributed by atoms with Crippen LogP contribution in [0.15, 0.2) is 30.3 Å². The van der Waals surface area contributed by atoms with Crippen molar-refractivity contribution in [2.45, 2.75) is 31.5 Å². The smallest absolute Gasteiger partial charge is 0.416 e. The highest BCUT2D eigenvalue weighted by atomic mass is 19.4. The van der Waals surface area contributed by atoms with E-state index >= 15 is 0 Å². The molecule has 1 aromatic rings. The van der Waals surface area contributed by atoms with Gasteiger partial charge < -0.3 is 4.74 Å². The van der Waals surface area contributed by atoms with Crippen molar-refractivity contribution in [3.63, 3.8) is 0 Å². The number of rotatable bonds is 3. The highest BCUT2D eigenvalue weighted by Crippen LogP contribution is 2.29. The molecule has 1 atom stereocenters. The highest BCUT2D eigenvalue weighted by Gasteiger charge is 2.30. The molecule has 1 aliphatic rings. The Bertz CT molecular complexity index is 559. The van der Waals surface area contributed by atoms with E-state index in [9.17, 15) is 22.8 Å². The molecule has 1 aromatic carbocycles. The Morgan fingerprint density at radius 2 is 1.90 bits per heavy atom. The molecule has 0 bridgehead atoms. The lowest BCUT2D eigenvalue weighted by molar-refractivity contribution is -0.148. The van der Waals surface area contributed by atoms with Gasteiger partial charge in [0.05, 0.1) is 5.56 Å². The standard InChI is InChI=1S/C15H13F3O3/c16-15(17,18)11-7-4-10(5-8-11)6-9-14(20)21-13-3-1-2-12(13)19/h4-9,13H,1-3H2/b9-6+. The van der Waals surface area contributed by atoms with Crippen molar-refractivity contribution in [2.75, 3.05) is 0 Å². The van der Waals surface area contributed by atoms with Gasteiger partial charge in [-0.1, -0.05) is 12.1 Å². The molecule has 2 rings (SSSR count). The first-order chi connectivity index (χ1) is 9.86. The van der Waals surface area contributed by atoms with E-state index in [4.69, 9.17) is 4.74 Å². The molecule has 1 unspecified atom stereocenters. The average molecular weight is 298 g/mol. The third-order valence-corrected chi connectivity index (χ3v) is 3.16. The number of carbonyl (C=O) groups excluding carboxylic acids is 2. The van der Waals surface area contributed by atoms with Crippen molar-refractivity contribution >= 4 is 17.8 Å². The molecule has 0 heterocycles. The van der Waals surface area contributed by atoms with Gasteiger partial charge in [-0.05, 0) is 36.6 Å². The molecule has 112 valence electrons. The predicted octanol–water partition coefficient (Wildman–Crippen LogP) is 3.38. The third-order valence-electron chi connectivity index (χ3n) is 3.16. The fraction of sp³-hybridized carbons (Fsp3) is 0.333. The molecule has 0 saturated heterocycles. The van der Waals surface area contributed by atoms with Crippen LogP contribution in [0.5, 0.6) is 0 Å². The van der Waals surface area contributed by atoms with Gasteiger partial charge in [0.1, 0.15) is 0 Å². The van der Waals surface area contributed by atoms with Crippen LogP contribution in [0.1, 0.15) is 30.4 Å². The van der Waals surface area contributed by atoms with Crippen LogP contribution < -0.4 is 0 Å². The Morgan fingerprint density at radius 3 is 2.43 bits per heavy atom. The van der Waals surface area contributed by atoms with Crippen LogP contribution in [-0.2, 0) is 20.5 Å². The van der Waals surface area contributed by atoms with Gasteiger partial charge in [-0.3, -0.25) is 4.79 Å². The first-order valence-corrected chi connectivity index (χ1v) is 6.45. The number of benzene rings is 1. The van der Waals surface area contributed by atoms with Crippen LogP contribution in [-0.4, -0.2) is 17.9 Å². The minimum Gasteiger partial charge on any atom is -0.451 e. The monoisotopic (exact) mass is 298 g/mol. The van der Waals surface area contributed by atoms with Crippen LogP contribution in [0.3, 0.4) is 0 Å². The van der Waals surface area contributed by atoms with E-state index in [0.29, 0.717) is 24.8 Å². The minimum absolute atomic E-state index is 0.0914. The van der Waals surface area contributed by atoms with Crippen LogP contribution in [0.2, 0.25) is 0 Å². The van der Waals surface area contributed by atoms with Crippen LogP contribution >= 0.6 is 0 Å². The molecule has 0 aliphatic heterocycles. The summed E-state index contributed by atoms with van der Waals surface area (Å²) >= 11 is 0. The van der Waals surface area contributed by atoms with Gasteiger partial charge in [-0.15, -0.1) is 0 Å². The van der Waals surface area contributed by atoms with Crippen molar-refractivity contribution in [2.24, 2.45) is 0 Å². The zero-order chi connectivity index (χ0) is 15.5. The first-order valence-electron chi connectivity index (χ1n) is 6.45. The average Bonchev–Trinajstić information content (AvgIpc) is 2.81. The van der Waals surface area contributed by atoms with Gasteiger partial charge in [0.15, 0.2) is 11.9 Å². The fourth-order valence-electron chi connectivity index (χ4n) is 2.04. The molecule has 3 nitrogen and oxygen atoms in total. The van der Waals surface area contributed by atoms with Crippen molar-refractivity contribution in [1.82, 2.24) is 0 Å². The normalized spacial score (nSPS) is 19.2. The maximum absolute atomic E-state index is 12.4. The number of ketones is 1. The number of halogens is 3. The van der Waals surface area contributed by atoms with Crippen molar-refractivity contribution in [3.8, 4) is 0 Å². The topological polar surface area (TPSA) is 43.4 Å².